The first-order valence-electron chi connectivity index (χ1n) is 9.77. The lowest BCUT2D eigenvalue weighted by Crippen LogP contribution is -2.27. The van der Waals surface area contributed by atoms with Crippen LogP contribution in [0.1, 0.15) is 30.5 Å². The maximum atomic E-state index is 4.81. The fourth-order valence-corrected chi connectivity index (χ4v) is 4.39. The monoisotopic (exact) mass is 354 g/mol. The van der Waals surface area contributed by atoms with E-state index in [1.807, 2.05) is 6.20 Å². The van der Waals surface area contributed by atoms with E-state index in [0.717, 1.165) is 18.4 Å². The van der Waals surface area contributed by atoms with E-state index in [1.165, 1.54) is 49.7 Å². The van der Waals surface area contributed by atoms with Gasteiger partial charge >= 0.3 is 0 Å². The van der Waals surface area contributed by atoms with Gasteiger partial charge in [0.05, 0.1) is 18.0 Å². The number of benzene rings is 2. The smallest absolute Gasteiger partial charge is 0.255 e. The molecule has 0 aliphatic rings. The highest BCUT2D eigenvalue weighted by atomic mass is 15.1. The van der Waals surface area contributed by atoms with Crippen molar-refractivity contribution in [3.8, 4) is 0 Å². The molecular weight excluding hydrogens is 330 g/mol. The van der Waals surface area contributed by atoms with Crippen LogP contribution in [0.15, 0.2) is 48.7 Å². The zero-order valence-corrected chi connectivity index (χ0v) is 16.4. The molecule has 0 fully saturated rings. The van der Waals surface area contributed by atoms with Crippen LogP contribution in [0.25, 0.3) is 38.5 Å². The molecule has 0 saturated heterocycles. The third-order valence-electron chi connectivity index (χ3n) is 5.93. The zero-order valence-electron chi connectivity index (χ0n) is 16.4. The molecule has 0 aliphatic carbocycles. The summed E-state index contributed by atoms with van der Waals surface area (Å²) >= 11 is 0. The molecule has 5 rings (SSSR count). The molecule has 0 atom stereocenters. The predicted molar refractivity (Wildman–Crippen MR) is 112 cm³/mol. The number of aryl methyl sites for hydroxylation is 4. The zero-order chi connectivity index (χ0) is 18.7. The Kier molecular flexibility index (Phi) is 3.48. The molecule has 3 aromatic heterocycles. The van der Waals surface area contributed by atoms with Gasteiger partial charge in [-0.2, -0.15) is 4.40 Å². The van der Waals surface area contributed by atoms with Gasteiger partial charge in [-0.15, -0.1) is 0 Å². The lowest BCUT2D eigenvalue weighted by molar-refractivity contribution is -0.617. The van der Waals surface area contributed by atoms with Crippen molar-refractivity contribution in [1.29, 1.82) is 0 Å². The number of fused-ring (bicyclic) bond motifs is 8. The molecule has 0 unspecified atom stereocenters. The quantitative estimate of drug-likeness (QED) is 0.321. The number of aromatic nitrogens is 3. The molecule has 27 heavy (non-hydrogen) atoms. The highest BCUT2D eigenvalue weighted by molar-refractivity contribution is 6.11. The summed E-state index contributed by atoms with van der Waals surface area (Å²) in [5.74, 6) is 0. The van der Waals surface area contributed by atoms with Gasteiger partial charge in [0.1, 0.15) is 5.52 Å². The van der Waals surface area contributed by atoms with Crippen LogP contribution in [0.2, 0.25) is 0 Å². The van der Waals surface area contributed by atoms with Crippen LogP contribution < -0.4 is 4.57 Å². The number of hydrogen-bond donors (Lipinski definition) is 0. The van der Waals surface area contributed by atoms with Crippen LogP contribution in [0.3, 0.4) is 0 Å². The van der Waals surface area contributed by atoms with Gasteiger partial charge in [0, 0.05) is 11.6 Å². The average molecular weight is 354 g/mol. The number of rotatable bonds is 2. The van der Waals surface area contributed by atoms with Crippen LogP contribution >= 0.6 is 0 Å². The Morgan fingerprint density at radius 1 is 0.926 bits per heavy atom. The van der Waals surface area contributed by atoms with Gasteiger partial charge < -0.3 is 0 Å². The number of imidazole rings is 1. The van der Waals surface area contributed by atoms with Crippen molar-refractivity contribution < 1.29 is 4.57 Å². The van der Waals surface area contributed by atoms with Crippen molar-refractivity contribution in [3.05, 3.63) is 65.4 Å². The molecular formula is C24H24N3+. The minimum Gasteiger partial charge on any atom is -0.255 e. The first-order chi connectivity index (χ1) is 13.1. The van der Waals surface area contributed by atoms with E-state index in [0.29, 0.717) is 0 Å². The van der Waals surface area contributed by atoms with Crippen molar-refractivity contribution in [2.45, 2.75) is 33.6 Å². The summed E-state index contributed by atoms with van der Waals surface area (Å²) in [4.78, 5) is 4.81. The maximum absolute atomic E-state index is 4.81. The second-order valence-corrected chi connectivity index (χ2v) is 7.45. The van der Waals surface area contributed by atoms with Crippen LogP contribution in [-0.2, 0) is 19.9 Å². The summed E-state index contributed by atoms with van der Waals surface area (Å²) in [5, 5.41) is 2.48. The van der Waals surface area contributed by atoms with Crippen LogP contribution in [0.4, 0.5) is 0 Å². The van der Waals surface area contributed by atoms with Gasteiger partial charge in [-0.25, -0.2) is 4.57 Å². The Balaban J connectivity index is 2.17. The molecule has 0 spiro atoms. The first-order valence-corrected chi connectivity index (χ1v) is 9.77. The summed E-state index contributed by atoms with van der Waals surface area (Å²) in [6.07, 6.45) is 4.00. The van der Waals surface area contributed by atoms with E-state index in [1.54, 1.807) is 0 Å². The van der Waals surface area contributed by atoms with E-state index in [9.17, 15) is 0 Å². The highest BCUT2D eigenvalue weighted by Crippen LogP contribution is 2.32. The molecule has 0 N–H and O–H groups in total. The largest absolute Gasteiger partial charge is 0.297 e. The van der Waals surface area contributed by atoms with Crippen molar-refractivity contribution in [3.63, 3.8) is 0 Å². The van der Waals surface area contributed by atoms with Gasteiger partial charge in [-0.3, -0.25) is 4.98 Å². The Morgan fingerprint density at radius 3 is 2.44 bits per heavy atom. The van der Waals surface area contributed by atoms with Gasteiger partial charge in [0.25, 0.3) is 5.65 Å². The second kappa shape index (κ2) is 5.78. The van der Waals surface area contributed by atoms with Gasteiger partial charge in [0.15, 0.2) is 11.0 Å². The topological polar surface area (TPSA) is 21.2 Å². The minimum absolute atomic E-state index is 1.03. The fourth-order valence-electron chi connectivity index (χ4n) is 4.39. The number of pyridine rings is 2. The first kappa shape index (κ1) is 16.2. The molecule has 5 aromatic rings. The van der Waals surface area contributed by atoms with Crippen molar-refractivity contribution in [2.24, 2.45) is 7.05 Å². The van der Waals surface area contributed by atoms with Crippen LogP contribution in [0, 0.1) is 6.92 Å². The van der Waals surface area contributed by atoms with Crippen molar-refractivity contribution in [1.82, 2.24) is 9.38 Å². The summed E-state index contributed by atoms with van der Waals surface area (Å²) in [7, 11) is 2.17. The fraction of sp³-hybridized carbons (Fsp3) is 0.250. The molecule has 3 heterocycles. The number of hydrogen-bond acceptors (Lipinski definition) is 1. The van der Waals surface area contributed by atoms with Crippen molar-refractivity contribution in [2.75, 3.05) is 0 Å². The molecule has 0 amide bonds. The van der Waals surface area contributed by atoms with E-state index < -0.39 is 0 Å². The molecule has 0 bridgehead atoms. The Bertz CT molecular complexity index is 1360. The molecule has 3 heteroatoms. The normalized spacial score (nSPS) is 12.0. The summed E-state index contributed by atoms with van der Waals surface area (Å²) in [6, 6.07) is 15.8. The van der Waals surface area contributed by atoms with Gasteiger partial charge in [-0.05, 0) is 66.8 Å². The maximum Gasteiger partial charge on any atom is 0.297 e. The summed E-state index contributed by atoms with van der Waals surface area (Å²) in [6.45, 7) is 6.61. The summed E-state index contributed by atoms with van der Waals surface area (Å²) in [5.41, 5.74) is 10.0. The lowest BCUT2D eigenvalue weighted by atomic mass is 10.0. The average Bonchev–Trinajstić information content (AvgIpc) is 3.00. The predicted octanol–water partition coefficient (Wildman–Crippen LogP) is 5.05. The third-order valence-corrected chi connectivity index (χ3v) is 5.93. The Morgan fingerprint density at radius 2 is 1.67 bits per heavy atom. The standard InChI is InChI=1S/C24H24N3/c1-5-16-7-9-19-18(13-16)23-22(15(3)11-12-25-23)24-26(4)20-10-8-17(6-2)14-21(20)27(19)24/h7-14H,5-6H2,1-4H3/q+1. The molecule has 0 radical (unpaired) electrons. The van der Waals surface area contributed by atoms with E-state index in [2.05, 4.69) is 79.3 Å². The van der Waals surface area contributed by atoms with Crippen molar-refractivity contribution >= 4 is 38.5 Å². The van der Waals surface area contributed by atoms with E-state index in [4.69, 9.17) is 4.98 Å². The summed E-state index contributed by atoms with van der Waals surface area (Å²) < 4.78 is 4.75. The molecule has 2 aromatic carbocycles. The van der Waals surface area contributed by atoms with E-state index >= 15 is 0 Å². The highest BCUT2D eigenvalue weighted by Gasteiger charge is 2.25. The molecule has 0 saturated carbocycles. The Labute approximate surface area is 158 Å². The van der Waals surface area contributed by atoms with E-state index in [-0.39, 0.29) is 0 Å². The Hall–Kier alpha value is -2.94. The minimum atomic E-state index is 1.03. The third kappa shape index (κ3) is 2.14. The SMILES string of the molecule is CCc1ccc2c(c1)c1nccc(C)c1c1n2c2cc(CC)ccc2[n+]1C. The molecule has 0 aliphatic heterocycles. The second-order valence-electron chi connectivity index (χ2n) is 7.45. The van der Waals surface area contributed by atoms with Crippen LogP contribution in [-0.4, -0.2) is 9.38 Å². The molecule has 134 valence electrons. The van der Waals surface area contributed by atoms with Crippen LogP contribution in [0.5, 0.6) is 0 Å². The lowest BCUT2D eigenvalue weighted by Gasteiger charge is -2.07. The van der Waals surface area contributed by atoms with Gasteiger partial charge in [-0.1, -0.05) is 26.0 Å². The molecule has 3 nitrogen and oxygen atoms in total. The van der Waals surface area contributed by atoms with Gasteiger partial charge in [0.2, 0.25) is 0 Å². The number of nitrogens with zero attached hydrogens (tertiary/aromatic N) is 3.